The third-order valence-electron chi connectivity index (χ3n) is 3.60. The van der Waals surface area contributed by atoms with Crippen LogP contribution in [-0.2, 0) is 6.18 Å². The van der Waals surface area contributed by atoms with Gasteiger partial charge in [0.15, 0.2) is 17.2 Å². The second-order valence-corrected chi connectivity index (χ2v) is 7.58. The maximum Gasteiger partial charge on any atom is 0.422 e. The fraction of sp³-hybridized carbons (Fsp3) is 0.176. The van der Waals surface area contributed by atoms with Crippen LogP contribution in [0.1, 0.15) is 5.56 Å². The van der Waals surface area contributed by atoms with Gasteiger partial charge in [-0.3, -0.25) is 4.72 Å². The summed E-state index contributed by atoms with van der Waals surface area (Å²) in [5.74, 6) is -0.187. The first-order chi connectivity index (χ1) is 14.4. The van der Waals surface area contributed by atoms with Crippen LogP contribution in [0.25, 0.3) is 11.0 Å². The fourth-order valence-corrected chi connectivity index (χ4v) is 3.37. The third-order valence-corrected chi connectivity index (χ3v) is 4.85. The van der Waals surface area contributed by atoms with Crippen molar-refractivity contribution in [3.63, 3.8) is 0 Å². The van der Waals surface area contributed by atoms with E-state index < -0.39 is 36.2 Å². The van der Waals surface area contributed by atoms with Crippen molar-refractivity contribution < 1.29 is 40.4 Å². The summed E-state index contributed by atoms with van der Waals surface area (Å²) in [6.07, 6.45) is -9.29. The number of anilines is 1. The standard InChI is InChI=1S/C17H10BrF6N3O3S/c18-8-4-5-10(9(6-8)17(22,23)24)25-15(28)27-31-14-13-11(29-7-16(19,20)21)2-1-3-12(13)30-26-14/h1-6H,7H2,(H2,25,27,28). The van der Waals surface area contributed by atoms with Gasteiger partial charge in [-0.2, -0.15) is 26.3 Å². The van der Waals surface area contributed by atoms with Crippen LogP contribution < -0.4 is 14.8 Å². The predicted octanol–water partition coefficient (Wildman–Crippen LogP) is 6.38. The summed E-state index contributed by atoms with van der Waals surface area (Å²) in [7, 11) is 0. The van der Waals surface area contributed by atoms with Crippen molar-refractivity contribution in [2.75, 3.05) is 11.9 Å². The zero-order valence-corrected chi connectivity index (χ0v) is 17.3. The van der Waals surface area contributed by atoms with E-state index in [-0.39, 0.29) is 26.2 Å². The minimum Gasteiger partial charge on any atom is -0.483 e. The number of ether oxygens (including phenoxy) is 1. The number of hydrogen-bond acceptors (Lipinski definition) is 5. The highest BCUT2D eigenvalue weighted by molar-refractivity contribution is 9.10. The Morgan fingerprint density at radius 1 is 1.16 bits per heavy atom. The molecule has 31 heavy (non-hydrogen) atoms. The smallest absolute Gasteiger partial charge is 0.422 e. The average molecular weight is 530 g/mol. The van der Waals surface area contributed by atoms with Gasteiger partial charge >= 0.3 is 18.4 Å². The van der Waals surface area contributed by atoms with Crippen LogP contribution in [0.3, 0.4) is 0 Å². The Kier molecular flexibility index (Phi) is 6.59. The molecule has 2 amide bonds. The largest absolute Gasteiger partial charge is 0.483 e. The number of rotatable bonds is 5. The summed E-state index contributed by atoms with van der Waals surface area (Å²) in [6, 6.07) is 6.22. The second kappa shape index (κ2) is 8.86. The Morgan fingerprint density at radius 3 is 2.58 bits per heavy atom. The summed E-state index contributed by atoms with van der Waals surface area (Å²) >= 11 is 3.46. The average Bonchev–Trinajstić information content (AvgIpc) is 3.08. The van der Waals surface area contributed by atoms with Crippen LogP contribution in [0.4, 0.5) is 36.8 Å². The van der Waals surface area contributed by atoms with Gasteiger partial charge in [0.05, 0.1) is 16.6 Å². The van der Waals surface area contributed by atoms with Gasteiger partial charge < -0.3 is 14.6 Å². The fourth-order valence-electron chi connectivity index (χ4n) is 2.39. The molecule has 0 saturated carbocycles. The monoisotopic (exact) mass is 529 g/mol. The number of carbonyl (C=O) groups excluding carboxylic acids is 1. The highest BCUT2D eigenvalue weighted by atomic mass is 79.9. The molecule has 3 rings (SSSR count). The van der Waals surface area contributed by atoms with Crippen LogP contribution in [0.15, 0.2) is 50.4 Å². The quantitative estimate of drug-likeness (QED) is 0.296. The molecule has 0 bridgehead atoms. The SMILES string of the molecule is O=C(NSc1noc2cccc(OCC(F)(F)F)c12)Nc1ccc(Br)cc1C(F)(F)F. The van der Waals surface area contributed by atoms with Crippen LogP contribution >= 0.6 is 27.9 Å². The van der Waals surface area contributed by atoms with E-state index in [0.29, 0.717) is 11.9 Å². The predicted molar refractivity (Wildman–Crippen MR) is 103 cm³/mol. The molecule has 166 valence electrons. The van der Waals surface area contributed by atoms with Crippen LogP contribution in [0, 0.1) is 0 Å². The molecule has 2 aromatic carbocycles. The number of carbonyl (C=O) groups is 1. The number of halogens is 7. The molecule has 0 saturated heterocycles. The highest BCUT2D eigenvalue weighted by Gasteiger charge is 2.34. The number of alkyl halides is 6. The maximum atomic E-state index is 13.1. The van der Waals surface area contributed by atoms with Crippen LogP contribution in [0.2, 0.25) is 0 Å². The van der Waals surface area contributed by atoms with Gasteiger partial charge in [0.25, 0.3) is 0 Å². The lowest BCUT2D eigenvalue weighted by Gasteiger charge is -2.14. The molecule has 14 heteroatoms. The summed E-state index contributed by atoms with van der Waals surface area (Å²) in [5, 5.41) is 5.73. The molecule has 1 heterocycles. The molecule has 0 radical (unpaired) electrons. The first-order valence-electron chi connectivity index (χ1n) is 8.12. The molecule has 0 unspecified atom stereocenters. The Balaban J connectivity index is 1.74. The molecule has 0 spiro atoms. The molecule has 0 aliphatic rings. The van der Waals surface area contributed by atoms with Gasteiger partial charge in [0.2, 0.25) is 0 Å². The number of nitrogens with one attached hydrogen (secondary N) is 2. The van der Waals surface area contributed by atoms with Gasteiger partial charge in [-0.25, -0.2) is 4.79 Å². The normalized spacial score (nSPS) is 12.1. The van der Waals surface area contributed by atoms with Gasteiger partial charge in [-0.05, 0) is 30.3 Å². The number of nitrogens with zero attached hydrogens (tertiary/aromatic N) is 1. The van der Waals surface area contributed by atoms with Crippen LogP contribution in [-0.4, -0.2) is 24.0 Å². The van der Waals surface area contributed by atoms with E-state index in [4.69, 9.17) is 9.26 Å². The number of benzene rings is 2. The van der Waals surface area contributed by atoms with Crippen LogP contribution in [0.5, 0.6) is 5.75 Å². The summed E-state index contributed by atoms with van der Waals surface area (Å²) < 4.78 is 88.9. The minimum absolute atomic E-state index is 0.0465. The van der Waals surface area contributed by atoms with Gasteiger partial charge in [0, 0.05) is 16.4 Å². The molecule has 2 N–H and O–H groups in total. The second-order valence-electron chi connectivity index (χ2n) is 5.87. The van der Waals surface area contributed by atoms with E-state index in [1.54, 1.807) is 0 Å². The van der Waals surface area contributed by atoms with Gasteiger partial charge in [-0.15, -0.1) is 0 Å². The van der Waals surface area contributed by atoms with Crippen molar-refractivity contribution in [3.8, 4) is 5.75 Å². The van der Waals surface area contributed by atoms with E-state index in [1.807, 2.05) is 0 Å². The lowest BCUT2D eigenvalue weighted by atomic mass is 10.1. The molecule has 0 aliphatic carbocycles. The molecule has 0 atom stereocenters. The highest BCUT2D eigenvalue weighted by Crippen LogP contribution is 2.37. The molecule has 1 aromatic heterocycles. The Morgan fingerprint density at radius 2 is 1.90 bits per heavy atom. The molecule has 0 aliphatic heterocycles. The lowest BCUT2D eigenvalue weighted by molar-refractivity contribution is -0.153. The van der Waals surface area contributed by atoms with E-state index in [0.717, 1.165) is 12.1 Å². The Labute approximate surface area is 182 Å². The van der Waals surface area contributed by atoms with E-state index >= 15 is 0 Å². The number of amides is 2. The summed E-state index contributed by atoms with van der Waals surface area (Å²) in [6.45, 7) is -1.56. The Hall–Kier alpha value is -2.61. The number of urea groups is 1. The first-order valence-corrected chi connectivity index (χ1v) is 9.73. The summed E-state index contributed by atoms with van der Waals surface area (Å²) in [4.78, 5) is 12.1. The lowest BCUT2D eigenvalue weighted by Crippen LogP contribution is -2.24. The molecule has 0 fully saturated rings. The van der Waals surface area contributed by atoms with E-state index in [9.17, 15) is 31.1 Å². The van der Waals surface area contributed by atoms with Crippen molar-refractivity contribution in [3.05, 3.63) is 46.4 Å². The van der Waals surface area contributed by atoms with Gasteiger partial charge in [0.1, 0.15) is 5.75 Å². The van der Waals surface area contributed by atoms with E-state index in [2.05, 4.69) is 31.1 Å². The molecule has 3 aromatic rings. The molecular formula is C17H10BrF6N3O3S. The van der Waals surface area contributed by atoms with Crippen molar-refractivity contribution in [1.82, 2.24) is 9.88 Å². The first kappa shape index (κ1) is 23.1. The Bertz CT molecular complexity index is 1100. The third kappa shape index (κ3) is 5.97. The zero-order valence-electron chi connectivity index (χ0n) is 14.9. The molecular weight excluding hydrogens is 520 g/mol. The minimum atomic E-state index is -4.72. The summed E-state index contributed by atoms with van der Waals surface area (Å²) in [5.41, 5.74) is -1.47. The number of aromatic nitrogens is 1. The number of fused-ring (bicyclic) bond motifs is 1. The van der Waals surface area contributed by atoms with Crippen molar-refractivity contribution in [1.29, 1.82) is 0 Å². The van der Waals surface area contributed by atoms with Gasteiger partial charge in [-0.1, -0.05) is 27.2 Å². The maximum absolute atomic E-state index is 13.1. The zero-order chi connectivity index (χ0) is 22.8. The number of hydrogen-bond donors (Lipinski definition) is 2. The topological polar surface area (TPSA) is 76.4 Å². The van der Waals surface area contributed by atoms with Crippen molar-refractivity contribution >= 4 is 50.6 Å². The van der Waals surface area contributed by atoms with Crippen molar-refractivity contribution in [2.45, 2.75) is 17.4 Å². The van der Waals surface area contributed by atoms with Crippen molar-refractivity contribution in [2.24, 2.45) is 0 Å². The molecule has 6 nitrogen and oxygen atoms in total. The van der Waals surface area contributed by atoms with E-state index in [1.165, 1.54) is 24.3 Å².